The molecule has 3 aromatic carbocycles. The lowest BCUT2D eigenvalue weighted by molar-refractivity contribution is -0.215. The van der Waals surface area contributed by atoms with Gasteiger partial charge in [0.05, 0.1) is 24.8 Å². The van der Waals surface area contributed by atoms with Crippen LogP contribution in [0.2, 0.25) is 0 Å². The number of nitrogens with one attached hydrogen (secondary N) is 1. The molecular formula is C27H23N2O6S-. The average Bonchev–Trinajstić information content (AvgIpc) is 3.30. The van der Waals surface area contributed by atoms with Crippen molar-refractivity contribution in [3.05, 3.63) is 83.9 Å². The topological polar surface area (TPSA) is 121 Å². The standard InChI is InChI=1S/C27H24N2O6S/c1-17(30)29-36(32,33)21-11-8-18(9-12-21)25(31)13-10-20-14-22(27(35-3)16-26(20)34-2)24-15-19-6-4-5-7-23(19)28-24/h4-16,28H,1-3H3,(H,29,30)/p-1/b13-10+. The number of rotatable bonds is 8. The number of methoxy groups -OCH3 is 2. The third kappa shape index (κ3) is 5.16. The van der Waals surface area contributed by atoms with Crippen LogP contribution in [0.3, 0.4) is 0 Å². The molecule has 184 valence electrons. The number of aromatic nitrogens is 1. The normalized spacial score (nSPS) is 12.2. The van der Waals surface area contributed by atoms with Crippen molar-refractivity contribution in [3.8, 4) is 22.8 Å². The number of hydrogen-bond acceptors (Lipinski definition) is 6. The first-order valence-electron chi connectivity index (χ1n) is 10.9. The molecule has 0 bridgehead atoms. The average molecular weight is 504 g/mol. The molecule has 0 aliphatic rings. The molecule has 0 saturated heterocycles. The van der Waals surface area contributed by atoms with Crippen LogP contribution in [0.15, 0.2) is 82.1 Å². The second-order valence-electron chi connectivity index (χ2n) is 7.87. The second kappa shape index (κ2) is 10.1. The van der Waals surface area contributed by atoms with Gasteiger partial charge < -0.3 is 19.6 Å². The zero-order valence-electron chi connectivity index (χ0n) is 19.8. The van der Waals surface area contributed by atoms with Crippen molar-refractivity contribution in [1.82, 2.24) is 4.98 Å². The van der Waals surface area contributed by atoms with Crippen molar-refractivity contribution in [2.24, 2.45) is 4.40 Å². The van der Waals surface area contributed by atoms with Gasteiger partial charge in [-0.15, -0.1) is 0 Å². The molecule has 0 fully saturated rings. The molecule has 0 atom stereocenters. The molecule has 0 unspecified atom stereocenters. The lowest BCUT2D eigenvalue weighted by Gasteiger charge is -2.12. The predicted molar refractivity (Wildman–Crippen MR) is 137 cm³/mol. The number of sulfonamides is 1. The molecule has 0 aliphatic carbocycles. The monoisotopic (exact) mass is 503 g/mol. The van der Waals surface area contributed by atoms with E-state index in [1.165, 1.54) is 37.5 Å². The smallest absolute Gasteiger partial charge is 0.281 e. The number of benzene rings is 3. The zero-order valence-corrected chi connectivity index (χ0v) is 20.6. The fourth-order valence-electron chi connectivity index (χ4n) is 3.76. The van der Waals surface area contributed by atoms with Gasteiger partial charge in [-0.05, 0) is 67.4 Å². The summed E-state index contributed by atoms with van der Waals surface area (Å²) in [6.45, 7) is 1.05. The first kappa shape index (κ1) is 24.7. The van der Waals surface area contributed by atoms with E-state index in [4.69, 9.17) is 9.47 Å². The van der Waals surface area contributed by atoms with Crippen LogP contribution in [-0.2, 0) is 10.0 Å². The number of aromatic amines is 1. The van der Waals surface area contributed by atoms with Gasteiger partial charge in [0.15, 0.2) is 5.78 Å². The number of carbonyl (C=O) groups is 1. The van der Waals surface area contributed by atoms with E-state index in [2.05, 4.69) is 9.38 Å². The van der Waals surface area contributed by atoms with Gasteiger partial charge in [0.2, 0.25) is 0 Å². The molecule has 1 aromatic heterocycles. The van der Waals surface area contributed by atoms with Crippen LogP contribution in [0.5, 0.6) is 11.5 Å². The van der Waals surface area contributed by atoms with Gasteiger partial charge in [-0.2, -0.15) is 12.8 Å². The summed E-state index contributed by atoms with van der Waals surface area (Å²) in [4.78, 5) is 16.0. The van der Waals surface area contributed by atoms with E-state index in [-0.39, 0.29) is 16.2 Å². The van der Waals surface area contributed by atoms with E-state index in [0.29, 0.717) is 17.1 Å². The highest BCUT2D eigenvalue weighted by Gasteiger charge is 2.15. The quantitative estimate of drug-likeness (QED) is 0.166. The maximum atomic E-state index is 12.8. The Kier molecular flexibility index (Phi) is 6.93. The minimum absolute atomic E-state index is 0.168. The van der Waals surface area contributed by atoms with Crippen LogP contribution < -0.4 is 14.6 Å². The number of hydrogen-bond donors (Lipinski definition) is 1. The predicted octanol–water partition coefficient (Wildman–Crippen LogP) is 4.22. The maximum Gasteiger partial charge on any atom is 0.281 e. The van der Waals surface area contributed by atoms with E-state index in [1.54, 1.807) is 19.3 Å². The third-order valence-electron chi connectivity index (χ3n) is 5.47. The summed E-state index contributed by atoms with van der Waals surface area (Å²) < 4.78 is 38.3. The number of carbonyl (C=O) groups excluding carboxylic acids is 1. The number of allylic oxidation sites excluding steroid dienone is 1. The number of ketones is 1. The maximum absolute atomic E-state index is 12.8. The van der Waals surface area contributed by atoms with Gasteiger partial charge in [-0.1, -0.05) is 18.2 Å². The highest BCUT2D eigenvalue weighted by Crippen LogP contribution is 2.37. The fraction of sp³-hybridized carbons (Fsp3) is 0.111. The van der Waals surface area contributed by atoms with Crippen LogP contribution >= 0.6 is 0 Å². The summed E-state index contributed by atoms with van der Waals surface area (Å²) in [5, 5.41) is 12.1. The lowest BCUT2D eigenvalue weighted by Crippen LogP contribution is -2.14. The number of para-hydroxylation sites is 1. The van der Waals surface area contributed by atoms with E-state index in [1.807, 2.05) is 36.4 Å². The van der Waals surface area contributed by atoms with Crippen molar-refractivity contribution in [2.45, 2.75) is 11.8 Å². The molecule has 1 heterocycles. The van der Waals surface area contributed by atoms with Gasteiger partial charge in [-0.3, -0.25) is 4.79 Å². The molecule has 0 amide bonds. The van der Waals surface area contributed by atoms with Crippen molar-refractivity contribution in [1.29, 1.82) is 0 Å². The molecular weight excluding hydrogens is 480 g/mol. The molecule has 4 aromatic rings. The first-order valence-corrected chi connectivity index (χ1v) is 12.3. The number of nitrogens with zero attached hydrogens (tertiary/aromatic N) is 1. The highest BCUT2D eigenvalue weighted by molar-refractivity contribution is 7.90. The summed E-state index contributed by atoms with van der Waals surface area (Å²) in [6.07, 6.45) is 3.01. The molecule has 9 heteroatoms. The largest absolute Gasteiger partial charge is 0.861 e. The number of H-pyrrole nitrogens is 1. The van der Waals surface area contributed by atoms with Gasteiger partial charge in [-0.25, -0.2) is 0 Å². The summed E-state index contributed by atoms with van der Waals surface area (Å²) in [5.74, 6) is -0.0384. The summed E-state index contributed by atoms with van der Waals surface area (Å²) in [5.41, 5.74) is 3.56. The Morgan fingerprint density at radius 2 is 1.67 bits per heavy atom. The van der Waals surface area contributed by atoms with E-state index >= 15 is 0 Å². The minimum atomic E-state index is -4.10. The van der Waals surface area contributed by atoms with Crippen LogP contribution in [0.1, 0.15) is 22.8 Å². The Hall–Kier alpha value is -4.37. The molecule has 36 heavy (non-hydrogen) atoms. The van der Waals surface area contributed by atoms with Crippen LogP contribution in [0, 0.1) is 0 Å². The van der Waals surface area contributed by atoms with Crippen LogP contribution in [0.4, 0.5) is 0 Å². The number of fused-ring (bicyclic) bond motifs is 1. The van der Waals surface area contributed by atoms with Crippen LogP contribution in [0.25, 0.3) is 28.2 Å². The SMILES string of the molecule is COc1cc(OC)c(-c2cc3ccccc3[nH]2)cc1/C=C/C(=O)c1ccc(S(=O)(=O)/N=C(/C)[O-])cc1. The Labute approximate surface area is 208 Å². The highest BCUT2D eigenvalue weighted by atomic mass is 32.2. The third-order valence-corrected chi connectivity index (χ3v) is 6.84. The van der Waals surface area contributed by atoms with Crippen molar-refractivity contribution >= 4 is 38.7 Å². The molecule has 0 spiro atoms. The summed E-state index contributed by atoms with van der Waals surface area (Å²) in [7, 11) is -0.993. The molecule has 1 N–H and O–H groups in total. The zero-order chi connectivity index (χ0) is 25.9. The Morgan fingerprint density at radius 3 is 2.31 bits per heavy atom. The summed E-state index contributed by atoms with van der Waals surface area (Å²) >= 11 is 0. The molecule has 4 rings (SSSR count). The van der Waals surface area contributed by atoms with Crippen molar-refractivity contribution in [2.75, 3.05) is 14.2 Å². The van der Waals surface area contributed by atoms with Crippen molar-refractivity contribution in [3.63, 3.8) is 0 Å². The Morgan fingerprint density at radius 1 is 0.972 bits per heavy atom. The molecule has 8 nitrogen and oxygen atoms in total. The molecule has 0 radical (unpaired) electrons. The van der Waals surface area contributed by atoms with Gasteiger partial charge >= 0.3 is 0 Å². The minimum Gasteiger partial charge on any atom is -0.861 e. The fourth-order valence-corrected chi connectivity index (χ4v) is 4.68. The molecule has 0 aliphatic heterocycles. The lowest BCUT2D eigenvalue weighted by atomic mass is 10.0. The summed E-state index contributed by atoms with van der Waals surface area (Å²) in [6, 6.07) is 18.8. The van der Waals surface area contributed by atoms with E-state index < -0.39 is 15.9 Å². The van der Waals surface area contributed by atoms with Crippen LogP contribution in [-0.4, -0.2) is 39.3 Å². The van der Waals surface area contributed by atoms with Gasteiger partial charge in [0.25, 0.3) is 10.0 Å². The van der Waals surface area contributed by atoms with Gasteiger partial charge in [0, 0.05) is 33.7 Å². The second-order valence-corrected chi connectivity index (χ2v) is 9.48. The van der Waals surface area contributed by atoms with E-state index in [9.17, 15) is 18.3 Å². The Bertz CT molecular complexity index is 1560. The van der Waals surface area contributed by atoms with Crippen molar-refractivity contribution < 1.29 is 27.8 Å². The Balaban J connectivity index is 1.66. The first-order chi connectivity index (χ1) is 17.2. The van der Waals surface area contributed by atoms with E-state index in [0.717, 1.165) is 29.1 Å². The number of ether oxygens (including phenoxy) is 2. The van der Waals surface area contributed by atoms with Gasteiger partial charge in [0.1, 0.15) is 11.5 Å². The molecule has 0 saturated carbocycles.